The molecule has 0 radical (unpaired) electrons. The fourth-order valence-corrected chi connectivity index (χ4v) is 5.31. The molecule has 0 aliphatic rings. The van der Waals surface area contributed by atoms with Crippen molar-refractivity contribution in [2.24, 2.45) is 0 Å². The lowest BCUT2D eigenvalue weighted by atomic mass is 10.1. The molecular weight excluding hydrogens is 487 g/mol. The van der Waals surface area contributed by atoms with Crippen LogP contribution in [0.5, 0.6) is 0 Å². The third-order valence-electron chi connectivity index (χ3n) is 5.48. The molecule has 29 heavy (non-hydrogen) atoms. The fourth-order valence-electron chi connectivity index (χ4n) is 4.19. The van der Waals surface area contributed by atoms with E-state index in [2.05, 4.69) is 102 Å². The molecule has 2 aromatic heterocycles. The Kier molecular flexibility index (Phi) is 5.74. The predicted molar refractivity (Wildman–Crippen MR) is 122 cm³/mol. The van der Waals surface area contributed by atoms with E-state index in [0.29, 0.717) is 0 Å². The van der Waals surface area contributed by atoms with Crippen molar-refractivity contribution < 1.29 is 28.5 Å². The number of hydrogen-bond acceptors (Lipinski definition) is 1. The van der Waals surface area contributed by atoms with Gasteiger partial charge in [-0.1, -0.05) is 47.7 Å². The van der Waals surface area contributed by atoms with Gasteiger partial charge in [0.15, 0.2) is 0 Å². The molecule has 2 nitrogen and oxygen atoms in total. The van der Waals surface area contributed by atoms with Gasteiger partial charge in [-0.2, -0.15) is 4.57 Å². The molecule has 0 saturated heterocycles. The Morgan fingerprint density at radius 1 is 0.862 bits per heavy atom. The van der Waals surface area contributed by atoms with Crippen LogP contribution in [0.2, 0.25) is 0 Å². The molecule has 0 amide bonds. The van der Waals surface area contributed by atoms with Crippen molar-refractivity contribution in [3.63, 3.8) is 0 Å². The summed E-state index contributed by atoms with van der Waals surface area (Å²) < 4.78 is 6.12. The number of para-hydroxylation sites is 2. The number of thiazole rings is 1. The highest BCUT2D eigenvalue weighted by Crippen LogP contribution is 2.30. The number of rotatable bonds is 4. The van der Waals surface area contributed by atoms with Gasteiger partial charge in [-0.05, 0) is 49.8 Å². The molecule has 0 aliphatic carbocycles. The molecule has 5 rings (SSSR count). The summed E-state index contributed by atoms with van der Waals surface area (Å²) in [7, 11) is 0. The van der Waals surface area contributed by atoms with Gasteiger partial charge in [0.2, 0.25) is 5.52 Å². The molecule has 0 unspecified atom stereocenters. The zero-order valence-corrected chi connectivity index (χ0v) is 19.6. The second-order valence-corrected chi connectivity index (χ2v) is 8.09. The van der Waals surface area contributed by atoms with Crippen LogP contribution >= 0.6 is 11.3 Å². The highest BCUT2D eigenvalue weighted by molar-refractivity contribution is 7.18. The van der Waals surface area contributed by atoms with E-state index < -0.39 is 0 Å². The Balaban J connectivity index is 0.00000205. The Labute approximate surface area is 192 Å². The normalized spacial score (nSPS) is 11.7. The first-order chi connectivity index (χ1) is 13.8. The zero-order valence-electron chi connectivity index (χ0n) is 16.6. The van der Waals surface area contributed by atoms with Crippen LogP contribution in [0, 0.1) is 0 Å². The summed E-state index contributed by atoms with van der Waals surface area (Å²) in [6.45, 7) is 6.39. The van der Waals surface area contributed by atoms with Crippen molar-refractivity contribution in [3.8, 4) is 0 Å². The Hall–Kier alpha value is -2.18. The van der Waals surface area contributed by atoms with Gasteiger partial charge in [0.05, 0.1) is 0 Å². The summed E-state index contributed by atoms with van der Waals surface area (Å²) >= 11 is 1.85. The standard InChI is InChI=1S/C25H23N2S.HI/c1-3-26-21-10-6-5-9-19(21)20-17-18(13-15-22(20)26)14-16-25-27(4-2)23-11-7-8-12-24(23)28-25;/h5-17H,3-4H2,1-2H3;1H/q+1;/p-1. The quantitative estimate of drug-likeness (QED) is 0.259. The average molecular weight is 510 g/mol. The first-order valence-electron chi connectivity index (χ1n) is 9.90. The largest absolute Gasteiger partial charge is 1.00 e. The van der Waals surface area contributed by atoms with Crippen molar-refractivity contribution in [2.45, 2.75) is 26.9 Å². The van der Waals surface area contributed by atoms with E-state index in [9.17, 15) is 0 Å². The van der Waals surface area contributed by atoms with Crippen LogP contribution in [0.15, 0.2) is 66.7 Å². The Morgan fingerprint density at radius 2 is 1.62 bits per heavy atom. The van der Waals surface area contributed by atoms with E-state index in [-0.39, 0.29) is 24.0 Å². The molecule has 4 heteroatoms. The highest BCUT2D eigenvalue weighted by Gasteiger charge is 2.16. The number of benzene rings is 3. The molecule has 3 aromatic carbocycles. The number of halogens is 1. The van der Waals surface area contributed by atoms with Crippen LogP contribution in [0.1, 0.15) is 24.4 Å². The topological polar surface area (TPSA) is 8.81 Å². The van der Waals surface area contributed by atoms with Gasteiger partial charge < -0.3 is 28.5 Å². The van der Waals surface area contributed by atoms with Crippen LogP contribution in [0.4, 0.5) is 0 Å². The van der Waals surface area contributed by atoms with E-state index in [1.165, 1.54) is 42.6 Å². The summed E-state index contributed by atoms with van der Waals surface area (Å²) in [5, 5.41) is 3.96. The lowest BCUT2D eigenvalue weighted by Crippen LogP contribution is -3.00. The van der Waals surface area contributed by atoms with Crippen LogP contribution in [-0.4, -0.2) is 4.57 Å². The number of fused-ring (bicyclic) bond motifs is 4. The van der Waals surface area contributed by atoms with Gasteiger partial charge in [-0.15, -0.1) is 0 Å². The zero-order chi connectivity index (χ0) is 19.1. The number of hydrogen-bond donors (Lipinski definition) is 0. The van der Waals surface area contributed by atoms with Crippen molar-refractivity contribution in [3.05, 3.63) is 77.3 Å². The lowest BCUT2D eigenvalue weighted by molar-refractivity contribution is -0.665. The molecule has 0 N–H and O–H groups in total. The van der Waals surface area contributed by atoms with E-state index in [1.807, 2.05) is 11.3 Å². The van der Waals surface area contributed by atoms with Crippen molar-refractivity contribution in [2.75, 3.05) is 0 Å². The van der Waals surface area contributed by atoms with Gasteiger partial charge in [0.1, 0.15) is 11.2 Å². The first-order valence-corrected chi connectivity index (χ1v) is 10.7. The summed E-state index contributed by atoms with van der Waals surface area (Å²) in [6.07, 6.45) is 4.50. The SMILES string of the molecule is CCn1c2ccccc2c2cc(/C=C/c3sc4ccccc4[n+]3CC)ccc21.[I-]. The first kappa shape index (κ1) is 20.1. The Bertz CT molecular complexity index is 1340. The smallest absolute Gasteiger partial charge is 0.262 e. The minimum absolute atomic E-state index is 0. The second-order valence-electron chi connectivity index (χ2n) is 7.02. The van der Waals surface area contributed by atoms with E-state index in [1.54, 1.807) is 0 Å². The van der Waals surface area contributed by atoms with Gasteiger partial charge in [0, 0.05) is 40.5 Å². The molecule has 0 spiro atoms. The molecular formula is C25H23IN2S. The van der Waals surface area contributed by atoms with Crippen LogP contribution in [-0.2, 0) is 13.1 Å². The Morgan fingerprint density at radius 3 is 2.45 bits per heavy atom. The highest BCUT2D eigenvalue weighted by atomic mass is 127. The molecule has 2 heterocycles. The van der Waals surface area contributed by atoms with E-state index in [4.69, 9.17) is 0 Å². The molecule has 0 atom stereocenters. The summed E-state index contributed by atoms with van der Waals surface area (Å²) in [5.74, 6) is 0. The van der Waals surface area contributed by atoms with Gasteiger partial charge in [-0.25, -0.2) is 0 Å². The predicted octanol–water partition coefficient (Wildman–Crippen LogP) is 3.51. The molecule has 0 fully saturated rings. The maximum Gasteiger partial charge on any atom is 0.262 e. The van der Waals surface area contributed by atoms with Crippen LogP contribution < -0.4 is 28.5 Å². The third-order valence-corrected chi connectivity index (χ3v) is 6.61. The van der Waals surface area contributed by atoms with Gasteiger partial charge >= 0.3 is 0 Å². The third kappa shape index (κ3) is 3.38. The monoisotopic (exact) mass is 510 g/mol. The molecule has 0 saturated carbocycles. The molecule has 5 aromatic rings. The number of aryl methyl sites for hydroxylation is 2. The molecule has 0 aliphatic heterocycles. The summed E-state index contributed by atoms with van der Waals surface area (Å²) in [6, 6.07) is 24.2. The minimum atomic E-state index is 0. The minimum Gasteiger partial charge on any atom is -1.00 e. The van der Waals surface area contributed by atoms with Crippen molar-refractivity contribution >= 4 is 55.5 Å². The van der Waals surface area contributed by atoms with Gasteiger partial charge in [0.25, 0.3) is 5.01 Å². The lowest BCUT2D eigenvalue weighted by Gasteiger charge is -2.02. The summed E-state index contributed by atoms with van der Waals surface area (Å²) in [4.78, 5) is 0. The van der Waals surface area contributed by atoms with Crippen LogP contribution in [0.3, 0.4) is 0 Å². The second kappa shape index (κ2) is 8.28. The number of nitrogens with zero attached hydrogens (tertiary/aromatic N) is 2. The fraction of sp³-hybridized carbons (Fsp3) is 0.160. The van der Waals surface area contributed by atoms with E-state index in [0.717, 1.165) is 13.1 Å². The number of aromatic nitrogens is 2. The van der Waals surface area contributed by atoms with Crippen molar-refractivity contribution in [1.82, 2.24) is 4.57 Å². The van der Waals surface area contributed by atoms with Crippen molar-refractivity contribution in [1.29, 1.82) is 0 Å². The maximum atomic E-state index is 2.40. The molecule has 0 bridgehead atoms. The summed E-state index contributed by atoms with van der Waals surface area (Å²) in [5.41, 5.74) is 5.18. The average Bonchev–Trinajstić information content (AvgIpc) is 3.26. The molecule has 146 valence electrons. The van der Waals surface area contributed by atoms with Crippen LogP contribution in [0.25, 0.3) is 44.2 Å². The van der Waals surface area contributed by atoms with Gasteiger partial charge in [-0.3, -0.25) is 0 Å². The van der Waals surface area contributed by atoms with E-state index >= 15 is 0 Å². The maximum absolute atomic E-state index is 2.40.